The van der Waals surface area contributed by atoms with E-state index in [9.17, 15) is 8.42 Å². The van der Waals surface area contributed by atoms with Gasteiger partial charge in [0.1, 0.15) is 0 Å². The van der Waals surface area contributed by atoms with Crippen molar-refractivity contribution in [3.05, 3.63) is 0 Å². The molecule has 0 aromatic rings. The highest BCUT2D eigenvalue weighted by molar-refractivity contribution is 7.90. The van der Waals surface area contributed by atoms with Crippen LogP contribution in [0.15, 0.2) is 0 Å². The summed E-state index contributed by atoms with van der Waals surface area (Å²) in [6, 6.07) is 0. The molecule has 0 fully saturated rings. The molecule has 0 radical (unpaired) electrons. The molecule has 0 aliphatic heterocycles. The molecular formula is C20H43NO2S. The predicted molar refractivity (Wildman–Crippen MR) is 107 cm³/mol. The third kappa shape index (κ3) is 4.17. The van der Waals surface area contributed by atoms with Crippen molar-refractivity contribution in [2.24, 2.45) is 10.8 Å². The fourth-order valence-corrected chi connectivity index (χ4v) is 7.55. The van der Waals surface area contributed by atoms with Crippen LogP contribution in [0.4, 0.5) is 0 Å². The van der Waals surface area contributed by atoms with Crippen molar-refractivity contribution in [3.8, 4) is 0 Å². The summed E-state index contributed by atoms with van der Waals surface area (Å²) in [5.74, 6) is 0. The van der Waals surface area contributed by atoms with Crippen LogP contribution in [0.5, 0.6) is 0 Å². The van der Waals surface area contributed by atoms with E-state index in [2.05, 4.69) is 55.4 Å². The lowest BCUT2D eigenvalue weighted by atomic mass is 9.69. The molecule has 0 aromatic heterocycles. The zero-order valence-corrected chi connectivity index (χ0v) is 19.0. The maximum atomic E-state index is 13.8. The molecule has 24 heavy (non-hydrogen) atoms. The average molecular weight is 362 g/mol. The van der Waals surface area contributed by atoms with Gasteiger partial charge in [-0.1, -0.05) is 55.4 Å². The first kappa shape index (κ1) is 23.9. The summed E-state index contributed by atoms with van der Waals surface area (Å²) in [6.45, 7) is 21.1. The van der Waals surface area contributed by atoms with Gasteiger partial charge in [-0.15, -0.1) is 0 Å². The average Bonchev–Trinajstić information content (AvgIpc) is 2.44. The Morgan fingerprint density at radius 2 is 1.12 bits per heavy atom. The summed E-state index contributed by atoms with van der Waals surface area (Å²) in [6.07, 6.45) is 3.88. The third-order valence-corrected chi connectivity index (χ3v) is 9.75. The van der Waals surface area contributed by atoms with Crippen molar-refractivity contribution in [1.82, 2.24) is 4.31 Å². The topological polar surface area (TPSA) is 37.4 Å². The van der Waals surface area contributed by atoms with E-state index < -0.39 is 20.3 Å². The molecule has 0 bridgehead atoms. The first-order valence-corrected chi connectivity index (χ1v) is 11.0. The second-order valence-electron chi connectivity index (χ2n) is 9.49. The summed E-state index contributed by atoms with van der Waals surface area (Å²) in [4.78, 5) is 0. The Morgan fingerprint density at radius 3 is 1.38 bits per heavy atom. The van der Waals surface area contributed by atoms with Gasteiger partial charge in [-0.3, -0.25) is 0 Å². The van der Waals surface area contributed by atoms with E-state index in [4.69, 9.17) is 0 Å². The van der Waals surface area contributed by atoms with Crippen LogP contribution in [0.25, 0.3) is 0 Å². The van der Waals surface area contributed by atoms with Crippen molar-refractivity contribution in [2.45, 2.75) is 112 Å². The lowest BCUT2D eigenvalue weighted by Crippen LogP contribution is -2.60. The van der Waals surface area contributed by atoms with Crippen LogP contribution in [0.3, 0.4) is 0 Å². The molecule has 0 amide bonds. The predicted octanol–water partition coefficient (Wildman–Crippen LogP) is 5.85. The van der Waals surface area contributed by atoms with Gasteiger partial charge in [0, 0.05) is 12.6 Å². The van der Waals surface area contributed by atoms with Crippen LogP contribution in [0.2, 0.25) is 0 Å². The molecule has 0 heterocycles. The van der Waals surface area contributed by atoms with Gasteiger partial charge < -0.3 is 0 Å². The normalized spacial score (nSPS) is 15.2. The zero-order chi connectivity index (χ0) is 19.6. The third-order valence-electron chi connectivity index (χ3n) is 6.47. The molecule has 0 saturated carbocycles. The summed E-state index contributed by atoms with van der Waals surface area (Å²) in [7, 11) is -1.66. The van der Waals surface area contributed by atoms with Crippen LogP contribution >= 0.6 is 0 Å². The van der Waals surface area contributed by atoms with E-state index >= 15 is 0 Å². The summed E-state index contributed by atoms with van der Waals surface area (Å²) >= 11 is 0. The van der Waals surface area contributed by atoms with E-state index in [1.54, 1.807) is 11.4 Å². The highest BCUT2D eigenvalue weighted by atomic mass is 32.2. The quantitative estimate of drug-likeness (QED) is 0.516. The van der Waals surface area contributed by atoms with Crippen LogP contribution in [0, 0.1) is 10.8 Å². The molecule has 0 rings (SSSR count). The highest BCUT2D eigenvalue weighted by Crippen LogP contribution is 2.50. The van der Waals surface area contributed by atoms with Gasteiger partial charge in [-0.2, -0.15) is 4.31 Å². The number of hydrogen-bond acceptors (Lipinski definition) is 2. The van der Waals surface area contributed by atoms with Crippen LogP contribution in [-0.2, 0) is 10.0 Å². The standard InChI is InChI=1S/C20H43NO2S/c1-12-19(10,13-2)20(14-3,15-4)24(22,23)21(11)18(8,9)16-17(5,6)7/h12-16H2,1-11H3. The fourth-order valence-electron chi connectivity index (χ4n) is 4.67. The molecule has 0 unspecified atom stereocenters. The minimum Gasteiger partial charge on any atom is -0.212 e. The number of hydrogen-bond donors (Lipinski definition) is 0. The Bertz CT molecular complexity index is 492. The first-order chi connectivity index (χ1) is 10.6. The maximum Gasteiger partial charge on any atom is 0.220 e. The number of rotatable bonds is 9. The molecular weight excluding hydrogens is 318 g/mol. The minimum atomic E-state index is -3.44. The monoisotopic (exact) mass is 361 g/mol. The number of nitrogens with zero attached hydrogens (tertiary/aromatic N) is 1. The van der Waals surface area contributed by atoms with Gasteiger partial charge in [-0.25, -0.2) is 8.42 Å². The van der Waals surface area contributed by atoms with Crippen molar-refractivity contribution >= 4 is 10.0 Å². The molecule has 0 aliphatic rings. The van der Waals surface area contributed by atoms with Gasteiger partial charge in [0.2, 0.25) is 10.0 Å². The van der Waals surface area contributed by atoms with E-state index in [-0.39, 0.29) is 10.8 Å². The first-order valence-electron chi connectivity index (χ1n) is 9.59. The van der Waals surface area contributed by atoms with E-state index in [1.165, 1.54) is 0 Å². The zero-order valence-electron chi connectivity index (χ0n) is 18.2. The molecule has 0 aliphatic carbocycles. The Labute approximate surface area is 152 Å². The Balaban J connectivity index is 6.24. The Hall–Kier alpha value is -0.0900. The molecule has 0 N–H and O–H groups in total. The molecule has 0 atom stereocenters. The SMILES string of the molecule is CCC(C)(CC)C(CC)(CC)S(=O)(=O)N(C)C(C)(C)CC(C)(C)C. The molecule has 0 aromatic carbocycles. The number of sulfonamides is 1. The lowest BCUT2D eigenvalue weighted by Gasteiger charge is -2.51. The minimum absolute atomic E-state index is 0.0766. The van der Waals surface area contributed by atoms with Gasteiger partial charge in [0.05, 0.1) is 4.75 Å². The molecule has 4 heteroatoms. The second-order valence-corrected chi connectivity index (χ2v) is 11.8. The largest absolute Gasteiger partial charge is 0.220 e. The van der Waals surface area contributed by atoms with E-state index in [0.717, 1.165) is 19.3 Å². The maximum absolute atomic E-state index is 13.8. The molecule has 0 spiro atoms. The van der Waals surface area contributed by atoms with Gasteiger partial charge in [0.25, 0.3) is 0 Å². The van der Waals surface area contributed by atoms with E-state index in [1.807, 2.05) is 13.8 Å². The second kappa shape index (κ2) is 7.65. The van der Waals surface area contributed by atoms with Gasteiger partial charge in [-0.05, 0) is 56.8 Å². The molecule has 3 nitrogen and oxygen atoms in total. The van der Waals surface area contributed by atoms with Crippen molar-refractivity contribution in [3.63, 3.8) is 0 Å². The van der Waals surface area contributed by atoms with E-state index in [0.29, 0.717) is 12.8 Å². The van der Waals surface area contributed by atoms with Crippen LogP contribution in [-0.4, -0.2) is 30.1 Å². The van der Waals surface area contributed by atoms with Gasteiger partial charge in [0.15, 0.2) is 0 Å². The Kier molecular flexibility index (Phi) is 7.62. The fraction of sp³-hybridized carbons (Fsp3) is 1.00. The molecule has 146 valence electrons. The highest BCUT2D eigenvalue weighted by Gasteiger charge is 2.56. The van der Waals surface area contributed by atoms with Crippen molar-refractivity contribution in [2.75, 3.05) is 7.05 Å². The lowest BCUT2D eigenvalue weighted by molar-refractivity contribution is 0.142. The summed E-state index contributed by atoms with van der Waals surface area (Å²) in [5.41, 5.74) is -0.552. The van der Waals surface area contributed by atoms with Gasteiger partial charge >= 0.3 is 0 Å². The summed E-state index contributed by atoms with van der Waals surface area (Å²) in [5, 5.41) is 0. The molecule has 0 saturated heterocycles. The summed E-state index contributed by atoms with van der Waals surface area (Å²) < 4.78 is 28.6. The smallest absolute Gasteiger partial charge is 0.212 e. The van der Waals surface area contributed by atoms with Crippen LogP contribution in [0.1, 0.15) is 101 Å². The Morgan fingerprint density at radius 1 is 0.750 bits per heavy atom. The van der Waals surface area contributed by atoms with Crippen LogP contribution < -0.4 is 0 Å². The van der Waals surface area contributed by atoms with Crippen molar-refractivity contribution in [1.29, 1.82) is 0 Å². The van der Waals surface area contributed by atoms with Crippen molar-refractivity contribution < 1.29 is 8.42 Å².